The Hall–Kier alpha value is -0.181. The summed E-state index contributed by atoms with van der Waals surface area (Å²) in [4.78, 5) is 7.84. The number of aliphatic imine (C=N–C) groups is 1. The van der Waals surface area contributed by atoms with E-state index in [1.807, 2.05) is 18.2 Å². The van der Waals surface area contributed by atoms with Crippen LogP contribution in [0.25, 0.3) is 0 Å². The third kappa shape index (κ3) is 5.13. The number of pyridine rings is 1. The van der Waals surface area contributed by atoms with Crippen molar-refractivity contribution in [2.75, 3.05) is 7.05 Å². The molecule has 0 fully saturated rings. The van der Waals surface area contributed by atoms with Crippen molar-refractivity contribution in [3.63, 3.8) is 0 Å². The molecule has 1 heterocycles. The summed E-state index contributed by atoms with van der Waals surface area (Å²) in [5.74, 6) is 0. The summed E-state index contributed by atoms with van der Waals surface area (Å²) in [5.41, 5.74) is 0.903. The van der Waals surface area contributed by atoms with Crippen LogP contribution in [-0.2, 0) is 14.2 Å². The van der Waals surface area contributed by atoms with Crippen LogP contribution in [-0.4, -0.2) is 18.2 Å². The molecule has 2 nitrogen and oxygen atoms in total. The van der Waals surface area contributed by atoms with Gasteiger partial charge in [0.1, 0.15) is 0 Å². The van der Waals surface area contributed by atoms with Crippen LogP contribution in [0, 0.1) is 0 Å². The third-order valence-electron chi connectivity index (χ3n) is 0.949. The molecule has 4 heteroatoms. The van der Waals surface area contributed by atoms with Crippen LogP contribution >= 0.6 is 14.1 Å². The molecule has 0 aliphatic heterocycles. The number of hydrogen-bond donors (Lipinski definition) is 0. The SMILES string of the molecule is CN=Cc1ccccn1.[Cu][Br]. The molecule has 0 unspecified atom stereocenters. The van der Waals surface area contributed by atoms with Crippen molar-refractivity contribution in [3.05, 3.63) is 30.1 Å². The molecule has 0 saturated carbocycles. The first-order valence-electron chi connectivity index (χ1n) is 2.88. The maximum atomic E-state index is 4.02. The van der Waals surface area contributed by atoms with E-state index in [4.69, 9.17) is 0 Å². The van der Waals surface area contributed by atoms with Crippen LogP contribution in [0.15, 0.2) is 29.4 Å². The minimum absolute atomic E-state index is 0.903. The molecule has 0 bridgehead atoms. The van der Waals surface area contributed by atoms with Crippen LogP contribution < -0.4 is 0 Å². The summed E-state index contributed by atoms with van der Waals surface area (Å²) in [5, 5.41) is 0. The van der Waals surface area contributed by atoms with Crippen molar-refractivity contribution < 1.29 is 14.2 Å². The Morgan fingerprint density at radius 3 is 2.73 bits per heavy atom. The van der Waals surface area contributed by atoms with Gasteiger partial charge in [0.15, 0.2) is 0 Å². The van der Waals surface area contributed by atoms with E-state index in [0.29, 0.717) is 0 Å². The molecular formula is C7H8BrCuN2. The van der Waals surface area contributed by atoms with E-state index >= 15 is 0 Å². The predicted molar refractivity (Wildman–Crippen MR) is 46.7 cm³/mol. The van der Waals surface area contributed by atoms with Crippen molar-refractivity contribution >= 4 is 20.3 Å². The maximum absolute atomic E-state index is 4.02. The summed E-state index contributed by atoms with van der Waals surface area (Å²) in [6.07, 6.45) is 3.47. The predicted octanol–water partition coefficient (Wildman–Crippen LogP) is 1.97. The fourth-order valence-corrected chi connectivity index (χ4v) is 0.585. The Bertz CT molecular complexity index is 201. The van der Waals surface area contributed by atoms with Crippen LogP contribution in [0.2, 0.25) is 0 Å². The van der Waals surface area contributed by atoms with E-state index < -0.39 is 0 Å². The van der Waals surface area contributed by atoms with E-state index in [0.717, 1.165) is 5.69 Å². The molecule has 0 spiro atoms. The zero-order valence-corrected chi connectivity index (χ0v) is 8.49. The number of halogens is 1. The first-order chi connectivity index (χ1) is 5.43. The number of rotatable bonds is 1. The Labute approximate surface area is 81.6 Å². The fraction of sp³-hybridized carbons (Fsp3) is 0.143. The van der Waals surface area contributed by atoms with Gasteiger partial charge in [0.25, 0.3) is 0 Å². The molecule has 1 aromatic heterocycles. The standard InChI is InChI=1S/C7H8N2.BrH.Cu/c1-8-6-7-4-2-3-5-9-7;;/h2-6H,1H3;1H;/q;;+1/p-1. The van der Waals surface area contributed by atoms with Crippen LogP contribution in [0.3, 0.4) is 0 Å². The molecule has 0 aliphatic rings. The molecule has 0 N–H and O–H groups in total. The molecule has 0 atom stereocenters. The van der Waals surface area contributed by atoms with E-state index in [-0.39, 0.29) is 0 Å². The second-order valence-corrected chi connectivity index (χ2v) is 1.64. The van der Waals surface area contributed by atoms with Gasteiger partial charge in [-0.2, -0.15) is 0 Å². The van der Waals surface area contributed by atoms with E-state index in [1.165, 1.54) is 0 Å². The van der Waals surface area contributed by atoms with Gasteiger partial charge >= 0.3 is 28.3 Å². The quantitative estimate of drug-likeness (QED) is 0.562. The molecule has 0 radical (unpaired) electrons. The van der Waals surface area contributed by atoms with Crippen molar-refractivity contribution in [3.8, 4) is 0 Å². The molecule has 1 rings (SSSR count). The molecular weight excluding hydrogens is 256 g/mol. The summed E-state index contributed by atoms with van der Waals surface area (Å²) in [6.45, 7) is 0. The van der Waals surface area contributed by atoms with Crippen LogP contribution in [0.1, 0.15) is 5.69 Å². The summed E-state index contributed by atoms with van der Waals surface area (Å²) < 4.78 is 0. The van der Waals surface area contributed by atoms with Gasteiger partial charge in [-0.3, -0.25) is 9.98 Å². The van der Waals surface area contributed by atoms with E-state index in [9.17, 15) is 0 Å². The van der Waals surface area contributed by atoms with Crippen LogP contribution in [0.5, 0.6) is 0 Å². The average molecular weight is 264 g/mol. The first-order valence-corrected chi connectivity index (χ1v) is 5.21. The molecule has 0 aliphatic carbocycles. The zero-order valence-electron chi connectivity index (χ0n) is 5.96. The molecule has 1 aromatic rings. The van der Waals surface area contributed by atoms with Crippen molar-refractivity contribution in [1.82, 2.24) is 4.98 Å². The van der Waals surface area contributed by atoms with E-state index in [2.05, 4.69) is 38.3 Å². The molecule has 0 aromatic carbocycles. The van der Waals surface area contributed by atoms with Gasteiger partial charge in [0.2, 0.25) is 0 Å². The molecule has 64 valence electrons. The van der Waals surface area contributed by atoms with Gasteiger partial charge in [-0.25, -0.2) is 0 Å². The summed E-state index contributed by atoms with van der Waals surface area (Å²) in [7, 11) is 1.73. The van der Waals surface area contributed by atoms with Gasteiger partial charge in [-0.15, -0.1) is 0 Å². The van der Waals surface area contributed by atoms with E-state index in [1.54, 1.807) is 19.5 Å². The normalized spacial score (nSPS) is 9.09. The van der Waals surface area contributed by atoms with Gasteiger partial charge in [-0.05, 0) is 12.1 Å². The second-order valence-electron chi connectivity index (χ2n) is 1.64. The third-order valence-corrected chi connectivity index (χ3v) is 0.949. The Morgan fingerprint density at radius 2 is 2.27 bits per heavy atom. The van der Waals surface area contributed by atoms with Gasteiger partial charge in [0.05, 0.1) is 5.69 Å². The first kappa shape index (κ1) is 10.8. The Morgan fingerprint density at radius 1 is 1.55 bits per heavy atom. The zero-order chi connectivity index (χ0) is 8.53. The van der Waals surface area contributed by atoms with Gasteiger partial charge in [0, 0.05) is 19.5 Å². The molecule has 11 heavy (non-hydrogen) atoms. The number of aromatic nitrogens is 1. The van der Waals surface area contributed by atoms with Crippen molar-refractivity contribution in [1.29, 1.82) is 0 Å². The monoisotopic (exact) mass is 262 g/mol. The average Bonchev–Trinajstić information content (AvgIpc) is 2.11. The van der Waals surface area contributed by atoms with Gasteiger partial charge < -0.3 is 0 Å². The topological polar surface area (TPSA) is 25.2 Å². The molecule has 0 saturated heterocycles. The number of nitrogens with zero attached hydrogens (tertiary/aromatic N) is 2. The molecule has 0 amide bonds. The fourth-order valence-electron chi connectivity index (χ4n) is 0.585. The summed E-state index contributed by atoms with van der Waals surface area (Å²) in [6, 6.07) is 5.73. The van der Waals surface area contributed by atoms with Crippen LogP contribution in [0.4, 0.5) is 0 Å². The summed E-state index contributed by atoms with van der Waals surface area (Å²) >= 11 is 6.50. The minimum atomic E-state index is 0.903. The Kier molecular flexibility index (Phi) is 7.79. The van der Waals surface area contributed by atoms with Crippen molar-refractivity contribution in [2.24, 2.45) is 4.99 Å². The Balaban J connectivity index is 0.000000461. The number of hydrogen-bond acceptors (Lipinski definition) is 2. The van der Waals surface area contributed by atoms with Crippen molar-refractivity contribution in [2.45, 2.75) is 0 Å². The van der Waals surface area contributed by atoms with Gasteiger partial charge in [-0.1, -0.05) is 6.07 Å². The second kappa shape index (κ2) is 7.92.